The van der Waals surface area contributed by atoms with Crippen molar-refractivity contribution in [3.63, 3.8) is 0 Å². The molecule has 0 saturated carbocycles. The van der Waals surface area contributed by atoms with Gasteiger partial charge in [-0.25, -0.2) is 9.97 Å². The third kappa shape index (κ3) is 3.77. The number of benzene rings is 2. The quantitative estimate of drug-likeness (QED) is 0.477. The Hall–Kier alpha value is -3.45. The van der Waals surface area contributed by atoms with Gasteiger partial charge in [-0.1, -0.05) is 12.1 Å². The number of aryl methyl sites for hydroxylation is 1. The van der Waals surface area contributed by atoms with Crippen molar-refractivity contribution in [3.05, 3.63) is 65.3 Å². The zero-order chi connectivity index (χ0) is 20.4. The van der Waals surface area contributed by atoms with E-state index in [2.05, 4.69) is 34.3 Å². The minimum Gasteiger partial charge on any atom is -0.494 e. The van der Waals surface area contributed by atoms with E-state index in [1.165, 1.54) is 0 Å². The second-order valence-corrected chi connectivity index (χ2v) is 7.66. The van der Waals surface area contributed by atoms with Crippen molar-refractivity contribution in [2.75, 3.05) is 11.9 Å². The van der Waals surface area contributed by atoms with Crippen molar-refractivity contribution in [1.82, 2.24) is 9.97 Å². The summed E-state index contributed by atoms with van der Waals surface area (Å²) in [7, 11) is 0. The van der Waals surface area contributed by atoms with Gasteiger partial charge in [-0.2, -0.15) is 0 Å². The topological polar surface area (TPSA) is 90.1 Å². The molecule has 0 bridgehead atoms. The molecule has 0 atom stereocenters. The average Bonchev–Trinajstić information content (AvgIpc) is 3.06. The van der Waals surface area contributed by atoms with Crippen LogP contribution in [-0.4, -0.2) is 22.5 Å². The first-order valence-corrected chi connectivity index (χ1v) is 10.0. The van der Waals surface area contributed by atoms with E-state index in [1.807, 2.05) is 31.2 Å². The van der Waals surface area contributed by atoms with Crippen molar-refractivity contribution < 1.29 is 9.53 Å². The molecule has 2 aromatic heterocycles. The summed E-state index contributed by atoms with van der Waals surface area (Å²) in [5, 5.41) is 4.32. The van der Waals surface area contributed by atoms with Crippen molar-refractivity contribution in [2.24, 2.45) is 5.73 Å². The van der Waals surface area contributed by atoms with Crippen LogP contribution in [0.2, 0.25) is 0 Å². The summed E-state index contributed by atoms with van der Waals surface area (Å²) in [6.07, 6.45) is 1.56. The molecule has 7 heteroatoms. The number of rotatable bonds is 6. The third-order valence-electron chi connectivity index (χ3n) is 4.55. The molecular formula is C22H20N4O2S. The second kappa shape index (κ2) is 7.89. The van der Waals surface area contributed by atoms with Gasteiger partial charge in [-0.05, 0) is 55.8 Å². The van der Waals surface area contributed by atoms with Gasteiger partial charge in [0.05, 0.1) is 12.0 Å². The smallest absolute Gasteiger partial charge is 0.248 e. The normalized spacial score (nSPS) is 10.8. The maximum Gasteiger partial charge on any atom is 0.248 e. The molecule has 3 N–H and O–H groups in total. The molecule has 0 aliphatic rings. The zero-order valence-electron chi connectivity index (χ0n) is 16.1. The Morgan fingerprint density at radius 2 is 1.83 bits per heavy atom. The summed E-state index contributed by atoms with van der Waals surface area (Å²) in [5.41, 5.74) is 8.78. The summed E-state index contributed by atoms with van der Waals surface area (Å²) in [6.45, 7) is 4.69. The van der Waals surface area contributed by atoms with Gasteiger partial charge >= 0.3 is 0 Å². The number of hydrogen-bond donors (Lipinski definition) is 2. The molecule has 0 aliphatic heterocycles. The van der Waals surface area contributed by atoms with Gasteiger partial charge in [0.15, 0.2) is 0 Å². The third-order valence-corrected chi connectivity index (χ3v) is 5.56. The van der Waals surface area contributed by atoms with Gasteiger partial charge in [-0.3, -0.25) is 4.79 Å². The maximum absolute atomic E-state index is 11.3. The van der Waals surface area contributed by atoms with Crippen LogP contribution >= 0.6 is 11.3 Å². The van der Waals surface area contributed by atoms with Crippen LogP contribution in [-0.2, 0) is 0 Å². The molecular weight excluding hydrogens is 384 g/mol. The summed E-state index contributed by atoms with van der Waals surface area (Å²) in [5.74, 6) is 1.11. The first-order chi connectivity index (χ1) is 14.1. The van der Waals surface area contributed by atoms with E-state index in [4.69, 9.17) is 10.5 Å². The molecule has 0 radical (unpaired) electrons. The number of hydrogen-bond acceptors (Lipinski definition) is 6. The van der Waals surface area contributed by atoms with E-state index in [9.17, 15) is 4.79 Å². The van der Waals surface area contributed by atoms with E-state index >= 15 is 0 Å². The monoisotopic (exact) mass is 404 g/mol. The predicted octanol–water partition coefficient (Wildman–Crippen LogP) is 4.91. The van der Waals surface area contributed by atoms with Crippen LogP contribution in [0.1, 0.15) is 22.2 Å². The highest BCUT2D eigenvalue weighted by Gasteiger charge is 2.17. The van der Waals surface area contributed by atoms with E-state index in [0.29, 0.717) is 12.2 Å². The number of ether oxygens (including phenoxy) is 1. The van der Waals surface area contributed by atoms with Crippen molar-refractivity contribution in [3.8, 4) is 16.9 Å². The fraction of sp³-hybridized carbons (Fsp3) is 0.136. The summed E-state index contributed by atoms with van der Waals surface area (Å²) in [4.78, 5) is 22.3. The molecule has 4 aromatic rings. The molecule has 0 saturated heterocycles. The summed E-state index contributed by atoms with van der Waals surface area (Å²) >= 11 is 1.64. The van der Waals surface area contributed by atoms with Crippen LogP contribution in [0.4, 0.5) is 11.5 Å². The molecule has 2 aromatic carbocycles. The lowest BCUT2D eigenvalue weighted by molar-refractivity contribution is 0.100. The molecule has 6 nitrogen and oxygen atoms in total. The Labute approximate surface area is 172 Å². The number of anilines is 2. The number of fused-ring (bicyclic) bond motifs is 1. The SMILES string of the molecule is CCOc1ccc(-c2c(C)sc3ncnc(Nc4ccc(C(N)=O)cc4)c23)cc1. The lowest BCUT2D eigenvalue weighted by atomic mass is 10.0. The molecule has 0 unspecified atom stereocenters. The second-order valence-electron chi connectivity index (χ2n) is 6.46. The number of carbonyl (C=O) groups excluding carboxylic acids is 1. The van der Waals surface area contributed by atoms with Crippen LogP contribution in [0.3, 0.4) is 0 Å². The largest absolute Gasteiger partial charge is 0.494 e. The highest BCUT2D eigenvalue weighted by molar-refractivity contribution is 7.19. The van der Waals surface area contributed by atoms with E-state index in [-0.39, 0.29) is 0 Å². The highest BCUT2D eigenvalue weighted by atomic mass is 32.1. The molecule has 1 amide bonds. The number of aromatic nitrogens is 2. The van der Waals surface area contributed by atoms with Gasteiger partial charge in [0.25, 0.3) is 0 Å². The van der Waals surface area contributed by atoms with Gasteiger partial charge in [0.1, 0.15) is 22.7 Å². The summed E-state index contributed by atoms with van der Waals surface area (Å²) in [6, 6.07) is 15.1. The van der Waals surface area contributed by atoms with Gasteiger partial charge < -0.3 is 15.8 Å². The number of amides is 1. The van der Waals surface area contributed by atoms with Gasteiger partial charge in [-0.15, -0.1) is 11.3 Å². The summed E-state index contributed by atoms with van der Waals surface area (Å²) < 4.78 is 5.56. The Balaban J connectivity index is 1.76. The fourth-order valence-corrected chi connectivity index (χ4v) is 4.24. The average molecular weight is 404 g/mol. The Morgan fingerprint density at radius 1 is 1.10 bits per heavy atom. The molecule has 0 fully saturated rings. The predicted molar refractivity (Wildman–Crippen MR) is 117 cm³/mol. The number of carbonyl (C=O) groups is 1. The number of thiophene rings is 1. The van der Waals surface area contributed by atoms with E-state index in [1.54, 1.807) is 29.8 Å². The lowest BCUT2D eigenvalue weighted by Crippen LogP contribution is -2.10. The van der Waals surface area contributed by atoms with E-state index < -0.39 is 5.91 Å². The molecule has 2 heterocycles. The van der Waals surface area contributed by atoms with Crippen LogP contribution in [0.25, 0.3) is 21.3 Å². The Morgan fingerprint density at radius 3 is 2.48 bits per heavy atom. The van der Waals surface area contributed by atoms with Crippen LogP contribution in [0.15, 0.2) is 54.9 Å². The van der Waals surface area contributed by atoms with Crippen molar-refractivity contribution in [1.29, 1.82) is 0 Å². The molecule has 4 rings (SSSR count). The molecule has 0 aliphatic carbocycles. The number of nitrogens with zero attached hydrogens (tertiary/aromatic N) is 2. The molecule has 0 spiro atoms. The van der Waals surface area contributed by atoms with Gasteiger partial charge in [0, 0.05) is 21.7 Å². The number of nitrogens with one attached hydrogen (secondary N) is 1. The number of primary amides is 1. The maximum atomic E-state index is 11.3. The van der Waals surface area contributed by atoms with Gasteiger partial charge in [0.2, 0.25) is 5.91 Å². The highest BCUT2D eigenvalue weighted by Crippen LogP contribution is 2.41. The number of nitrogens with two attached hydrogens (primary N) is 1. The Bertz CT molecular complexity index is 1170. The van der Waals surface area contributed by atoms with Crippen molar-refractivity contribution in [2.45, 2.75) is 13.8 Å². The van der Waals surface area contributed by atoms with Crippen LogP contribution < -0.4 is 15.8 Å². The van der Waals surface area contributed by atoms with Crippen molar-refractivity contribution >= 4 is 39.0 Å². The zero-order valence-corrected chi connectivity index (χ0v) is 16.9. The fourth-order valence-electron chi connectivity index (χ4n) is 3.23. The van der Waals surface area contributed by atoms with E-state index in [0.717, 1.165) is 43.5 Å². The minimum atomic E-state index is -0.452. The molecule has 29 heavy (non-hydrogen) atoms. The van der Waals surface area contributed by atoms with Crippen LogP contribution in [0, 0.1) is 6.92 Å². The van der Waals surface area contributed by atoms with Crippen LogP contribution in [0.5, 0.6) is 5.75 Å². The first kappa shape index (κ1) is 18.9. The molecule has 146 valence electrons. The Kier molecular flexibility index (Phi) is 5.14. The minimum absolute atomic E-state index is 0.452. The standard InChI is InChI=1S/C22H20N4O2S/c1-3-28-17-10-6-14(7-11-17)18-13(2)29-22-19(18)21(24-12-25-22)26-16-8-4-15(5-9-16)20(23)27/h4-12H,3H2,1-2H3,(H2,23,27)(H,24,25,26). The first-order valence-electron chi connectivity index (χ1n) is 9.21. The lowest BCUT2D eigenvalue weighted by Gasteiger charge is -2.10.